The van der Waals surface area contributed by atoms with Crippen LogP contribution in [0.5, 0.6) is 0 Å². The Hall–Kier alpha value is -7.33. The zero-order chi connectivity index (χ0) is 39.6. The third-order valence-corrected chi connectivity index (χ3v) is 13.5. The molecule has 3 heteroatoms. The van der Waals surface area contributed by atoms with Crippen molar-refractivity contribution in [1.82, 2.24) is 0 Å². The van der Waals surface area contributed by atoms with Crippen LogP contribution in [0.2, 0.25) is 0 Å². The van der Waals surface area contributed by atoms with Crippen molar-refractivity contribution in [2.45, 2.75) is 15.2 Å². The normalized spacial score (nSPS) is 15.1. The number of fused-ring (bicyclic) bond motifs is 12. The van der Waals surface area contributed by atoms with E-state index in [1.165, 1.54) is 65.4 Å². The van der Waals surface area contributed by atoms with E-state index in [2.05, 4.69) is 217 Å². The predicted octanol–water partition coefficient (Wildman–Crippen LogP) is 15.5. The van der Waals surface area contributed by atoms with Gasteiger partial charge in [0.1, 0.15) is 11.2 Å². The molecule has 0 radical (unpaired) electrons. The monoisotopic (exact) mass is 783 g/mol. The number of nitrogens with zero attached hydrogens (tertiary/aromatic N) is 1. The van der Waals surface area contributed by atoms with E-state index >= 15 is 0 Å². The van der Waals surface area contributed by atoms with Crippen molar-refractivity contribution in [2.24, 2.45) is 0 Å². The van der Waals surface area contributed by atoms with Crippen LogP contribution in [0.4, 0.5) is 17.1 Å². The maximum absolute atomic E-state index is 6.26. The average molecular weight is 784 g/mol. The number of benzene rings is 9. The third-order valence-electron chi connectivity index (χ3n) is 12.3. The molecule has 1 unspecified atom stereocenters. The lowest BCUT2D eigenvalue weighted by atomic mass is 9.67. The zero-order valence-electron chi connectivity index (χ0n) is 32.6. The molecule has 9 aromatic carbocycles. The van der Waals surface area contributed by atoms with Gasteiger partial charge in [-0.25, -0.2) is 0 Å². The smallest absolute Gasteiger partial charge is 0.135 e. The summed E-state index contributed by atoms with van der Waals surface area (Å²) in [6.45, 7) is 0. The molecule has 1 aliphatic heterocycles. The van der Waals surface area contributed by atoms with E-state index in [-0.39, 0.29) is 0 Å². The minimum atomic E-state index is -0.498. The number of hydrogen-bond acceptors (Lipinski definition) is 3. The minimum absolute atomic E-state index is 0.498. The molecule has 1 aliphatic carbocycles. The molecule has 12 rings (SSSR count). The molecule has 0 fully saturated rings. The molecule has 0 saturated carbocycles. The fourth-order valence-electron chi connectivity index (χ4n) is 9.75. The second-order valence-corrected chi connectivity index (χ2v) is 16.7. The van der Waals surface area contributed by atoms with Crippen LogP contribution in [-0.4, -0.2) is 0 Å². The van der Waals surface area contributed by atoms with Crippen LogP contribution in [0.3, 0.4) is 0 Å². The maximum Gasteiger partial charge on any atom is 0.135 e. The van der Waals surface area contributed by atoms with Gasteiger partial charge in [0.15, 0.2) is 0 Å². The highest BCUT2D eigenvalue weighted by Crippen LogP contribution is 2.63. The van der Waals surface area contributed by atoms with E-state index in [1.807, 2.05) is 23.9 Å². The first-order valence-corrected chi connectivity index (χ1v) is 21.3. The van der Waals surface area contributed by atoms with Crippen molar-refractivity contribution >= 4 is 62.4 Å². The van der Waals surface area contributed by atoms with Crippen molar-refractivity contribution in [1.29, 1.82) is 0 Å². The van der Waals surface area contributed by atoms with Crippen molar-refractivity contribution in [3.05, 3.63) is 257 Å². The molecule has 1 aromatic heterocycles. The quantitative estimate of drug-likeness (QED) is 0.156. The molecule has 2 aliphatic rings. The van der Waals surface area contributed by atoms with Crippen LogP contribution in [0, 0.1) is 0 Å². The van der Waals surface area contributed by atoms with E-state index in [4.69, 9.17) is 4.42 Å². The maximum atomic E-state index is 6.26. The molecule has 0 N–H and O–H groups in total. The van der Waals surface area contributed by atoms with Gasteiger partial charge in [-0.15, -0.1) is 0 Å². The summed E-state index contributed by atoms with van der Waals surface area (Å²) in [7, 11) is 0. The molecule has 1 atom stereocenters. The Morgan fingerprint density at radius 1 is 0.417 bits per heavy atom. The van der Waals surface area contributed by atoms with E-state index in [0.29, 0.717) is 0 Å². The minimum Gasteiger partial charge on any atom is -0.456 e. The number of anilines is 3. The SMILES string of the molecule is C(=C(\c1ccccc1)c1ccc2c(c1)-c1ccccc1C21c2ccccc2Sc2cc(N(c3ccccc3)c3ccc4oc5ccccc5c4c3)ccc21)/c1ccccc1. The van der Waals surface area contributed by atoms with Gasteiger partial charge >= 0.3 is 0 Å². The molecule has 0 saturated heterocycles. The van der Waals surface area contributed by atoms with Crippen LogP contribution in [0.15, 0.2) is 233 Å². The average Bonchev–Trinajstić information content (AvgIpc) is 3.82. The Morgan fingerprint density at radius 3 is 1.88 bits per heavy atom. The summed E-state index contributed by atoms with van der Waals surface area (Å²) in [6.07, 6.45) is 2.32. The lowest BCUT2D eigenvalue weighted by Crippen LogP contribution is -2.32. The third kappa shape index (κ3) is 5.36. The number of rotatable bonds is 6. The standard InChI is InChI=1S/C57H37NOS/c1-4-16-38(17-5-1)34-46(39-18-6-2-7-19-39)40-28-31-50-47(35-40)44-22-10-12-24-49(44)57(50)51-25-13-15-27-55(51)60-56-37-43(29-32-52(56)57)58(41-20-8-3-9-21-41)42-30-33-54-48(36-42)45-23-11-14-26-53(45)59-54/h1-37H/b46-34-. The van der Waals surface area contributed by atoms with Crippen molar-refractivity contribution in [2.75, 3.05) is 4.90 Å². The van der Waals surface area contributed by atoms with Crippen molar-refractivity contribution in [3.63, 3.8) is 0 Å². The topological polar surface area (TPSA) is 16.4 Å². The first-order valence-electron chi connectivity index (χ1n) is 20.5. The van der Waals surface area contributed by atoms with Gasteiger partial charge in [0.05, 0.1) is 5.41 Å². The van der Waals surface area contributed by atoms with Crippen molar-refractivity contribution < 1.29 is 4.42 Å². The van der Waals surface area contributed by atoms with E-state index in [9.17, 15) is 0 Å². The van der Waals surface area contributed by atoms with Crippen LogP contribution in [0.25, 0.3) is 44.7 Å². The largest absolute Gasteiger partial charge is 0.456 e. The Bertz CT molecular complexity index is 3290. The Kier molecular flexibility index (Phi) is 8.04. The molecular weight excluding hydrogens is 747 g/mol. The van der Waals surface area contributed by atoms with Gasteiger partial charge in [0.2, 0.25) is 0 Å². The van der Waals surface area contributed by atoms with E-state index < -0.39 is 5.41 Å². The van der Waals surface area contributed by atoms with E-state index in [1.54, 1.807) is 0 Å². The van der Waals surface area contributed by atoms with Gasteiger partial charge in [-0.2, -0.15) is 0 Å². The van der Waals surface area contributed by atoms with Gasteiger partial charge < -0.3 is 9.32 Å². The number of hydrogen-bond donors (Lipinski definition) is 0. The fourth-order valence-corrected chi connectivity index (χ4v) is 11.0. The summed E-state index contributed by atoms with van der Waals surface area (Å²) in [6, 6.07) is 79.5. The van der Waals surface area contributed by atoms with Gasteiger partial charge in [-0.1, -0.05) is 169 Å². The molecule has 60 heavy (non-hydrogen) atoms. The molecular formula is C57H37NOS. The molecule has 282 valence electrons. The second-order valence-electron chi connectivity index (χ2n) is 15.6. The summed E-state index contributed by atoms with van der Waals surface area (Å²) in [5.74, 6) is 0. The fraction of sp³-hybridized carbons (Fsp3) is 0.0175. The molecule has 2 heterocycles. The molecule has 10 aromatic rings. The summed E-state index contributed by atoms with van der Waals surface area (Å²) < 4.78 is 6.26. The Balaban J connectivity index is 1.06. The second kappa shape index (κ2) is 13.9. The van der Waals surface area contributed by atoms with Gasteiger partial charge in [-0.05, 0) is 122 Å². The zero-order valence-corrected chi connectivity index (χ0v) is 33.4. The van der Waals surface area contributed by atoms with Crippen LogP contribution < -0.4 is 4.90 Å². The number of furan rings is 1. The lowest BCUT2D eigenvalue weighted by Gasteiger charge is -2.40. The first kappa shape index (κ1) is 34.7. The lowest BCUT2D eigenvalue weighted by molar-refractivity contribution is 0.669. The molecule has 0 amide bonds. The van der Waals surface area contributed by atoms with Gasteiger partial charge in [0.25, 0.3) is 0 Å². The van der Waals surface area contributed by atoms with E-state index in [0.717, 1.165) is 39.0 Å². The molecule has 0 bridgehead atoms. The van der Waals surface area contributed by atoms with Gasteiger partial charge in [0, 0.05) is 37.6 Å². The van der Waals surface area contributed by atoms with Crippen molar-refractivity contribution in [3.8, 4) is 11.1 Å². The Labute approximate surface area is 353 Å². The highest BCUT2D eigenvalue weighted by Gasteiger charge is 2.50. The van der Waals surface area contributed by atoms with Crippen LogP contribution >= 0.6 is 11.8 Å². The predicted molar refractivity (Wildman–Crippen MR) is 250 cm³/mol. The summed E-state index contributed by atoms with van der Waals surface area (Å²) in [4.78, 5) is 4.91. The Morgan fingerprint density at radius 2 is 1.03 bits per heavy atom. The summed E-state index contributed by atoms with van der Waals surface area (Å²) in [5.41, 5.74) is 17.2. The summed E-state index contributed by atoms with van der Waals surface area (Å²) >= 11 is 1.88. The van der Waals surface area contributed by atoms with Crippen LogP contribution in [0.1, 0.15) is 38.9 Å². The van der Waals surface area contributed by atoms with Crippen LogP contribution in [-0.2, 0) is 5.41 Å². The highest BCUT2D eigenvalue weighted by atomic mass is 32.2. The first-order chi connectivity index (χ1) is 29.7. The number of para-hydroxylation sites is 2. The highest BCUT2D eigenvalue weighted by molar-refractivity contribution is 7.99. The van der Waals surface area contributed by atoms with Gasteiger partial charge in [-0.3, -0.25) is 0 Å². The molecule has 2 nitrogen and oxygen atoms in total. The molecule has 1 spiro atoms. The summed E-state index contributed by atoms with van der Waals surface area (Å²) in [5, 5.41) is 2.23.